The summed E-state index contributed by atoms with van der Waals surface area (Å²) in [5, 5.41) is 0. The van der Waals surface area contributed by atoms with Crippen LogP contribution in [0.15, 0.2) is 0 Å². The van der Waals surface area contributed by atoms with Crippen molar-refractivity contribution in [1.82, 2.24) is 0 Å². The third-order valence-corrected chi connectivity index (χ3v) is 14.2. The second-order valence-electron chi connectivity index (χ2n) is 22.0. The highest BCUT2D eigenvalue weighted by Gasteiger charge is 2.61. The van der Waals surface area contributed by atoms with E-state index >= 15 is 0 Å². The van der Waals surface area contributed by atoms with Crippen LogP contribution >= 0.6 is 0 Å². The summed E-state index contributed by atoms with van der Waals surface area (Å²) in [6.07, 6.45) is -1.94. The topological polar surface area (TPSA) is 210 Å². The normalized spacial score (nSPS) is 22.0. The van der Waals surface area contributed by atoms with Crippen molar-refractivity contribution in [3.63, 3.8) is 0 Å². The minimum Gasteiger partial charge on any atom is -0.463 e. The standard InChI is InChI=1S/C46H72O16/c1-40(2,3)22-28(35(50)62-31-18-21-57-38(31)53)44(11,12)43(9,10)26-46(15,39(54)59-25-33(48)61-30-17-20-56-37(30)52)45(13,14)42(7,8)23-27(41(4,5)6)34(49)58-24-32(47)60-29-16-19-55-36(29)51/h27-31H,16-26H2,1-15H3. The Morgan fingerprint density at radius 3 is 1.35 bits per heavy atom. The Morgan fingerprint density at radius 1 is 0.548 bits per heavy atom. The molecule has 3 aliphatic heterocycles. The Labute approximate surface area is 366 Å². The van der Waals surface area contributed by atoms with Crippen LogP contribution in [0.2, 0.25) is 0 Å². The zero-order chi connectivity index (χ0) is 47.4. The summed E-state index contributed by atoms with van der Waals surface area (Å²) in [7, 11) is 0. The van der Waals surface area contributed by atoms with Gasteiger partial charge in [0.2, 0.25) is 18.3 Å². The van der Waals surface area contributed by atoms with E-state index in [-0.39, 0.29) is 57.3 Å². The third-order valence-electron chi connectivity index (χ3n) is 14.2. The van der Waals surface area contributed by atoms with E-state index < -0.39 is 124 Å². The van der Waals surface area contributed by atoms with Crippen molar-refractivity contribution >= 4 is 47.8 Å². The molecule has 0 N–H and O–H groups in total. The number of hydrogen-bond acceptors (Lipinski definition) is 16. The molecule has 0 aliphatic carbocycles. The van der Waals surface area contributed by atoms with Crippen molar-refractivity contribution in [3.05, 3.63) is 0 Å². The third kappa shape index (κ3) is 12.3. The first kappa shape index (κ1) is 52.1. The maximum absolute atomic E-state index is 14.9. The Hall–Kier alpha value is -4.24. The number of ether oxygens (including phenoxy) is 8. The lowest BCUT2D eigenvalue weighted by atomic mass is 9.46. The zero-order valence-corrected chi connectivity index (χ0v) is 39.7. The van der Waals surface area contributed by atoms with Crippen LogP contribution in [0, 0.1) is 49.7 Å². The minimum atomic E-state index is -1.47. The van der Waals surface area contributed by atoms with Crippen molar-refractivity contribution in [2.75, 3.05) is 33.0 Å². The summed E-state index contributed by atoms with van der Waals surface area (Å²) in [6.45, 7) is 27.6. The molecule has 0 bridgehead atoms. The van der Waals surface area contributed by atoms with Crippen molar-refractivity contribution in [3.8, 4) is 0 Å². The predicted molar refractivity (Wildman–Crippen MR) is 221 cm³/mol. The average molecular weight is 881 g/mol. The van der Waals surface area contributed by atoms with Crippen LogP contribution in [-0.4, -0.2) is 99.1 Å². The number of esters is 8. The van der Waals surface area contributed by atoms with Crippen LogP contribution in [0.3, 0.4) is 0 Å². The molecule has 6 atom stereocenters. The van der Waals surface area contributed by atoms with Crippen molar-refractivity contribution < 1.29 is 76.3 Å². The fraction of sp³-hybridized carbons (Fsp3) is 0.826. The molecule has 62 heavy (non-hydrogen) atoms. The highest BCUT2D eigenvalue weighted by atomic mass is 16.6. The van der Waals surface area contributed by atoms with Crippen LogP contribution < -0.4 is 0 Å². The lowest BCUT2D eigenvalue weighted by molar-refractivity contribution is -0.188. The van der Waals surface area contributed by atoms with E-state index in [4.69, 9.17) is 37.9 Å². The quantitative estimate of drug-likeness (QED) is 0.104. The SMILES string of the molecule is CC(C)(C)CC(C(=O)OC1CCOC1=O)C(C)(C)C(C)(C)CC(C)(C(=O)OCC(=O)OC1CCOC1=O)C(C)(C)C(C)(C)CC(C(=O)OCC(=O)OC1CCOC1=O)C(C)(C)C. The van der Waals surface area contributed by atoms with Gasteiger partial charge in [-0.25, -0.2) is 24.0 Å². The fourth-order valence-corrected chi connectivity index (χ4v) is 8.51. The van der Waals surface area contributed by atoms with E-state index in [0.717, 1.165) is 0 Å². The van der Waals surface area contributed by atoms with Gasteiger partial charge in [-0.3, -0.25) is 14.4 Å². The molecule has 3 heterocycles. The minimum absolute atomic E-state index is 0.0890. The lowest BCUT2D eigenvalue weighted by Crippen LogP contribution is -2.56. The molecule has 0 radical (unpaired) electrons. The Balaban J connectivity index is 2.03. The van der Waals surface area contributed by atoms with Crippen molar-refractivity contribution in [1.29, 1.82) is 0 Å². The molecule has 16 heteroatoms. The molecular formula is C46H72O16. The molecule has 3 rings (SSSR count). The van der Waals surface area contributed by atoms with Crippen LogP contribution in [0.25, 0.3) is 0 Å². The van der Waals surface area contributed by atoms with Gasteiger partial charge in [0, 0.05) is 19.3 Å². The largest absolute Gasteiger partial charge is 0.463 e. The molecule has 0 aromatic rings. The first-order valence-electron chi connectivity index (χ1n) is 21.6. The Morgan fingerprint density at radius 2 is 0.968 bits per heavy atom. The molecule has 16 nitrogen and oxygen atoms in total. The summed E-state index contributed by atoms with van der Waals surface area (Å²) in [6, 6.07) is 0. The Bertz CT molecular complexity index is 1710. The molecule has 3 saturated heterocycles. The Kier molecular flexibility index (Phi) is 16.2. The summed E-state index contributed by atoms with van der Waals surface area (Å²) in [4.78, 5) is 105. The lowest BCUT2D eigenvalue weighted by Gasteiger charge is -2.58. The van der Waals surface area contributed by atoms with E-state index in [1.54, 1.807) is 6.92 Å². The summed E-state index contributed by atoms with van der Waals surface area (Å²) in [5.74, 6) is -7.33. The number of carbonyl (C=O) groups is 8. The van der Waals surface area contributed by atoms with E-state index in [1.165, 1.54) is 0 Å². The van der Waals surface area contributed by atoms with Gasteiger partial charge in [-0.1, -0.05) is 96.9 Å². The molecule has 0 amide bonds. The molecule has 0 aromatic heterocycles. The van der Waals surface area contributed by atoms with E-state index in [1.807, 2.05) is 96.9 Å². The van der Waals surface area contributed by atoms with Gasteiger partial charge < -0.3 is 37.9 Å². The smallest absolute Gasteiger partial charge is 0.347 e. The van der Waals surface area contributed by atoms with Gasteiger partial charge in [-0.15, -0.1) is 0 Å². The van der Waals surface area contributed by atoms with Crippen LogP contribution in [-0.2, 0) is 76.3 Å². The van der Waals surface area contributed by atoms with Crippen molar-refractivity contribution in [2.45, 2.75) is 161 Å². The molecule has 352 valence electrons. The molecular weight excluding hydrogens is 808 g/mol. The summed E-state index contributed by atoms with van der Waals surface area (Å²) < 4.78 is 42.4. The average Bonchev–Trinajstić information content (AvgIpc) is 3.86. The summed E-state index contributed by atoms with van der Waals surface area (Å²) in [5.41, 5.74) is -6.33. The first-order chi connectivity index (χ1) is 28.2. The molecule has 0 spiro atoms. The van der Waals surface area contributed by atoms with E-state index in [0.29, 0.717) is 6.42 Å². The number of hydrogen-bond donors (Lipinski definition) is 0. The van der Waals surface area contributed by atoms with Crippen LogP contribution in [0.5, 0.6) is 0 Å². The van der Waals surface area contributed by atoms with Gasteiger partial charge in [-0.2, -0.15) is 0 Å². The number of cyclic esters (lactones) is 3. The second kappa shape index (κ2) is 19.2. The summed E-state index contributed by atoms with van der Waals surface area (Å²) >= 11 is 0. The van der Waals surface area contributed by atoms with Gasteiger partial charge in [0.25, 0.3) is 0 Å². The molecule has 0 aromatic carbocycles. The maximum Gasteiger partial charge on any atom is 0.347 e. The van der Waals surface area contributed by atoms with E-state index in [2.05, 4.69) is 0 Å². The van der Waals surface area contributed by atoms with Gasteiger partial charge in [-0.05, 0) is 58.7 Å². The first-order valence-corrected chi connectivity index (χ1v) is 21.6. The van der Waals surface area contributed by atoms with Gasteiger partial charge in [0.1, 0.15) is 0 Å². The van der Waals surface area contributed by atoms with Crippen LogP contribution in [0.4, 0.5) is 0 Å². The highest BCUT2D eigenvalue weighted by molar-refractivity contribution is 5.85. The molecule has 3 aliphatic rings. The molecule has 3 fully saturated rings. The zero-order valence-electron chi connectivity index (χ0n) is 39.7. The predicted octanol–water partition coefficient (Wildman–Crippen LogP) is 6.25. The molecule has 6 unspecified atom stereocenters. The number of rotatable bonds is 19. The van der Waals surface area contributed by atoms with Crippen molar-refractivity contribution in [2.24, 2.45) is 49.7 Å². The van der Waals surface area contributed by atoms with E-state index in [9.17, 15) is 38.4 Å². The molecule has 0 saturated carbocycles. The monoisotopic (exact) mass is 880 g/mol. The van der Waals surface area contributed by atoms with Gasteiger partial charge in [0.15, 0.2) is 13.2 Å². The maximum atomic E-state index is 14.9. The van der Waals surface area contributed by atoms with Gasteiger partial charge >= 0.3 is 47.8 Å². The fourth-order valence-electron chi connectivity index (χ4n) is 8.51. The number of carbonyl (C=O) groups excluding carboxylic acids is 8. The van der Waals surface area contributed by atoms with Gasteiger partial charge in [0.05, 0.1) is 37.1 Å². The second-order valence-corrected chi connectivity index (χ2v) is 22.0. The highest BCUT2D eigenvalue weighted by Crippen LogP contribution is 2.62. The van der Waals surface area contributed by atoms with Crippen LogP contribution in [0.1, 0.15) is 142 Å².